The van der Waals surface area contributed by atoms with Crippen molar-refractivity contribution in [2.24, 2.45) is 0 Å². The Balaban J connectivity index is 1.48. The van der Waals surface area contributed by atoms with E-state index in [-0.39, 0.29) is 30.4 Å². The van der Waals surface area contributed by atoms with Gasteiger partial charge in [-0.15, -0.1) is 0 Å². The van der Waals surface area contributed by atoms with Gasteiger partial charge in [0, 0.05) is 38.4 Å². The second-order valence-corrected chi connectivity index (χ2v) is 8.16. The number of methoxy groups -OCH3 is 1. The van der Waals surface area contributed by atoms with E-state index in [0.29, 0.717) is 29.8 Å². The van der Waals surface area contributed by atoms with Gasteiger partial charge in [0.1, 0.15) is 5.25 Å². The maximum absolute atomic E-state index is 12.9. The van der Waals surface area contributed by atoms with Gasteiger partial charge in [-0.05, 0) is 24.3 Å². The third-order valence-corrected chi connectivity index (χ3v) is 5.98. The molecule has 2 aliphatic rings. The molecule has 1 aromatic heterocycles. The number of morpholine rings is 1. The smallest absolute Gasteiger partial charge is 0.251 e. The Bertz CT molecular complexity index is 987. The Labute approximate surface area is 177 Å². The number of ether oxygens (including phenoxy) is 2. The molecule has 1 atom stereocenters. The lowest BCUT2D eigenvalue weighted by atomic mass is 10.2. The van der Waals surface area contributed by atoms with E-state index in [9.17, 15) is 14.4 Å². The molecule has 2 amide bonds. The van der Waals surface area contributed by atoms with Gasteiger partial charge < -0.3 is 19.4 Å². The molecule has 4 rings (SSSR count). The van der Waals surface area contributed by atoms with Gasteiger partial charge in [0.25, 0.3) is 5.56 Å². The third-order valence-electron chi connectivity index (χ3n) is 4.91. The van der Waals surface area contributed by atoms with Crippen molar-refractivity contribution in [1.29, 1.82) is 0 Å². The van der Waals surface area contributed by atoms with Crippen molar-refractivity contribution in [2.45, 2.75) is 23.4 Å². The number of aromatic amines is 1. The quantitative estimate of drug-likeness (QED) is 0.538. The summed E-state index contributed by atoms with van der Waals surface area (Å²) in [6.45, 7) is 3.19. The van der Waals surface area contributed by atoms with Crippen molar-refractivity contribution in [3.8, 4) is 0 Å². The molecule has 0 unspecified atom stereocenters. The lowest BCUT2D eigenvalue weighted by Crippen LogP contribution is -2.36. The molecule has 2 fully saturated rings. The summed E-state index contributed by atoms with van der Waals surface area (Å²) in [5.74, 6) is -0.587. The third kappa shape index (κ3) is 4.40. The zero-order valence-electron chi connectivity index (χ0n) is 16.5. The fourth-order valence-electron chi connectivity index (χ4n) is 3.50. The monoisotopic (exact) mass is 430 g/mol. The number of thioether (sulfide) groups is 1. The Morgan fingerprint density at radius 3 is 2.57 bits per heavy atom. The predicted octanol–water partition coefficient (Wildman–Crippen LogP) is 1.18. The van der Waals surface area contributed by atoms with Crippen LogP contribution in [0.2, 0.25) is 0 Å². The summed E-state index contributed by atoms with van der Waals surface area (Å²) in [6, 6.07) is 8.74. The summed E-state index contributed by atoms with van der Waals surface area (Å²) in [6.07, 6.45) is 0.0485. The minimum atomic E-state index is -0.641. The van der Waals surface area contributed by atoms with Crippen LogP contribution in [0.4, 0.5) is 11.4 Å². The maximum atomic E-state index is 12.9. The number of H-pyrrole nitrogens is 1. The highest BCUT2D eigenvalue weighted by Gasteiger charge is 2.40. The highest BCUT2D eigenvalue weighted by molar-refractivity contribution is 8.00. The Morgan fingerprint density at radius 1 is 1.17 bits per heavy atom. The summed E-state index contributed by atoms with van der Waals surface area (Å²) in [5, 5.41) is -0.345. The Kier molecular flexibility index (Phi) is 6.16. The zero-order valence-corrected chi connectivity index (χ0v) is 17.3. The molecule has 2 aromatic rings. The second kappa shape index (κ2) is 8.99. The van der Waals surface area contributed by atoms with E-state index in [1.807, 2.05) is 12.1 Å². The van der Waals surface area contributed by atoms with Crippen LogP contribution in [0, 0.1) is 0 Å². The van der Waals surface area contributed by atoms with Crippen molar-refractivity contribution < 1.29 is 19.1 Å². The van der Waals surface area contributed by atoms with Gasteiger partial charge in [-0.1, -0.05) is 11.8 Å². The van der Waals surface area contributed by atoms with Crippen LogP contribution in [-0.4, -0.2) is 60.4 Å². The predicted molar refractivity (Wildman–Crippen MR) is 112 cm³/mol. The first kappa shape index (κ1) is 20.6. The zero-order chi connectivity index (χ0) is 21.1. The number of hydrogen-bond acceptors (Lipinski definition) is 8. The highest BCUT2D eigenvalue weighted by atomic mass is 32.2. The van der Waals surface area contributed by atoms with E-state index in [1.54, 1.807) is 12.1 Å². The second-order valence-electron chi connectivity index (χ2n) is 6.97. The van der Waals surface area contributed by atoms with Crippen molar-refractivity contribution >= 4 is 35.0 Å². The van der Waals surface area contributed by atoms with Crippen LogP contribution in [0.25, 0.3) is 0 Å². The number of hydrogen-bond donors (Lipinski definition) is 1. The number of aromatic nitrogens is 2. The van der Waals surface area contributed by atoms with Gasteiger partial charge in [0.15, 0.2) is 5.16 Å². The molecular formula is C20H22N4O5S. The number of carbonyl (C=O) groups is 2. The van der Waals surface area contributed by atoms with Crippen molar-refractivity contribution in [2.75, 3.05) is 43.2 Å². The van der Waals surface area contributed by atoms with E-state index in [4.69, 9.17) is 9.47 Å². The van der Waals surface area contributed by atoms with Crippen LogP contribution in [0.5, 0.6) is 0 Å². The number of benzene rings is 1. The molecule has 158 valence electrons. The van der Waals surface area contributed by atoms with E-state index in [0.717, 1.165) is 30.5 Å². The largest absolute Gasteiger partial charge is 0.378 e. The summed E-state index contributed by atoms with van der Waals surface area (Å²) in [7, 11) is 1.51. The minimum absolute atomic E-state index is 0.0485. The normalized spacial score (nSPS) is 19.6. The lowest BCUT2D eigenvalue weighted by molar-refractivity contribution is -0.121. The molecule has 0 saturated carbocycles. The molecule has 3 heterocycles. The van der Waals surface area contributed by atoms with Gasteiger partial charge in [0.2, 0.25) is 11.8 Å². The average Bonchev–Trinajstić information content (AvgIpc) is 3.01. The van der Waals surface area contributed by atoms with Crippen molar-refractivity contribution in [3.63, 3.8) is 0 Å². The number of imide groups is 1. The Morgan fingerprint density at radius 2 is 1.87 bits per heavy atom. The number of nitrogens with one attached hydrogen (secondary N) is 1. The fraction of sp³-hybridized carbons (Fsp3) is 0.400. The summed E-state index contributed by atoms with van der Waals surface area (Å²) in [5.41, 5.74) is 1.71. The number of nitrogens with zero attached hydrogens (tertiary/aromatic N) is 3. The number of rotatable bonds is 6. The van der Waals surface area contributed by atoms with Crippen molar-refractivity contribution in [3.05, 3.63) is 46.4 Å². The van der Waals surface area contributed by atoms with Crippen LogP contribution in [0.1, 0.15) is 12.1 Å². The van der Waals surface area contributed by atoms with E-state index < -0.39 is 5.25 Å². The van der Waals surface area contributed by atoms with Gasteiger partial charge in [0.05, 0.1) is 31.2 Å². The summed E-state index contributed by atoms with van der Waals surface area (Å²) < 4.78 is 10.4. The van der Waals surface area contributed by atoms with Gasteiger partial charge in [-0.2, -0.15) is 0 Å². The Hall–Kier alpha value is -2.69. The maximum Gasteiger partial charge on any atom is 0.251 e. The van der Waals surface area contributed by atoms with Crippen LogP contribution in [-0.2, 0) is 25.7 Å². The SMILES string of the molecule is COCc1cc(=O)[nH]c(S[C@H]2CC(=O)N(c3ccc(N4CCOCC4)cc3)C2=O)n1. The van der Waals surface area contributed by atoms with Crippen LogP contribution in [0.3, 0.4) is 0 Å². The average molecular weight is 430 g/mol. The molecular weight excluding hydrogens is 408 g/mol. The van der Waals surface area contributed by atoms with E-state index in [1.165, 1.54) is 18.1 Å². The van der Waals surface area contributed by atoms with Crippen molar-refractivity contribution in [1.82, 2.24) is 9.97 Å². The first-order chi connectivity index (χ1) is 14.5. The standard InChI is InChI=1S/C20H22N4O5S/c1-28-12-13-10-17(25)22-20(21-13)30-16-11-18(26)24(19(16)27)15-4-2-14(3-5-15)23-6-8-29-9-7-23/h2-5,10,16H,6-9,11-12H2,1H3,(H,21,22,25)/t16-/m0/s1. The van der Waals surface area contributed by atoms with Gasteiger partial charge in [-0.3, -0.25) is 14.4 Å². The molecule has 2 aliphatic heterocycles. The minimum Gasteiger partial charge on any atom is -0.378 e. The molecule has 30 heavy (non-hydrogen) atoms. The molecule has 0 aliphatic carbocycles. The molecule has 0 bridgehead atoms. The molecule has 1 N–H and O–H groups in total. The van der Waals surface area contributed by atoms with E-state index in [2.05, 4.69) is 14.9 Å². The number of anilines is 2. The molecule has 9 nitrogen and oxygen atoms in total. The molecule has 10 heteroatoms. The van der Waals surface area contributed by atoms with Crippen LogP contribution in [0.15, 0.2) is 40.3 Å². The molecule has 0 radical (unpaired) electrons. The summed E-state index contributed by atoms with van der Waals surface area (Å²) >= 11 is 1.09. The first-order valence-corrected chi connectivity index (χ1v) is 10.5. The van der Waals surface area contributed by atoms with Gasteiger partial charge in [-0.25, -0.2) is 9.88 Å². The summed E-state index contributed by atoms with van der Waals surface area (Å²) in [4.78, 5) is 47.6. The van der Waals surface area contributed by atoms with E-state index >= 15 is 0 Å². The number of carbonyl (C=O) groups excluding carboxylic acids is 2. The molecule has 2 saturated heterocycles. The fourth-order valence-corrected chi connectivity index (χ4v) is 4.53. The number of amides is 2. The first-order valence-electron chi connectivity index (χ1n) is 9.60. The van der Waals surface area contributed by atoms with Crippen LogP contribution >= 0.6 is 11.8 Å². The molecule has 0 spiro atoms. The highest BCUT2D eigenvalue weighted by Crippen LogP contribution is 2.33. The van der Waals surface area contributed by atoms with Gasteiger partial charge >= 0.3 is 0 Å². The topological polar surface area (TPSA) is 105 Å². The van der Waals surface area contributed by atoms with Crippen LogP contribution < -0.4 is 15.4 Å². The molecule has 1 aromatic carbocycles. The lowest BCUT2D eigenvalue weighted by Gasteiger charge is -2.29.